The van der Waals surface area contributed by atoms with Gasteiger partial charge in [-0.3, -0.25) is 10.2 Å². The largest absolute Gasteiger partial charge is 0.326 e. The van der Waals surface area contributed by atoms with E-state index in [0.717, 1.165) is 28.2 Å². The van der Waals surface area contributed by atoms with Crippen molar-refractivity contribution in [2.45, 2.75) is 24.9 Å². The minimum Gasteiger partial charge on any atom is -0.326 e. The van der Waals surface area contributed by atoms with Gasteiger partial charge in [-0.25, -0.2) is 0 Å². The first-order chi connectivity index (χ1) is 15.6. The highest BCUT2D eigenvalue weighted by Crippen LogP contribution is 2.48. The maximum atomic E-state index is 9.97. The van der Waals surface area contributed by atoms with Gasteiger partial charge in [0, 0.05) is 16.7 Å². The normalized spacial score (nSPS) is 12.9. The molecule has 0 aliphatic heterocycles. The summed E-state index contributed by atoms with van der Waals surface area (Å²) >= 11 is 0. The van der Waals surface area contributed by atoms with Gasteiger partial charge < -0.3 is 5.73 Å². The molecule has 162 valence electrons. The fourth-order valence-corrected chi connectivity index (χ4v) is 7.11. The van der Waals surface area contributed by atoms with Crippen LogP contribution < -0.4 is 21.4 Å². The smallest absolute Gasteiger partial charge is 0.0890 e. The second-order valence-electron chi connectivity index (χ2n) is 8.01. The summed E-state index contributed by atoms with van der Waals surface area (Å²) in [5, 5.41) is 15.8. The monoisotopic (exact) mass is 439 g/mol. The molecule has 0 spiro atoms. The number of nitrogens with one attached hydrogen (secondary N) is 2. The van der Waals surface area contributed by atoms with E-state index in [-0.39, 0.29) is 6.04 Å². The van der Waals surface area contributed by atoms with E-state index in [2.05, 4.69) is 60.5 Å². The molecule has 4 aromatic carbocycles. The summed E-state index contributed by atoms with van der Waals surface area (Å²) < 4.78 is 0. The van der Waals surface area contributed by atoms with Crippen LogP contribution in [0.2, 0.25) is 0 Å². The van der Waals surface area contributed by atoms with Crippen molar-refractivity contribution in [3.8, 4) is 0 Å². The molecular weight excluding hydrogens is 409 g/mol. The molecule has 0 heterocycles. The summed E-state index contributed by atoms with van der Waals surface area (Å²) in [6.45, 7) is 2.11. The number of hydrogen-bond donors (Lipinski definition) is 3. The van der Waals surface area contributed by atoms with Crippen molar-refractivity contribution in [1.82, 2.24) is 5.09 Å². The Morgan fingerprint density at radius 1 is 0.688 bits per heavy atom. The van der Waals surface area contributed by atoms with E-state index in [9.17, 15) is 5.16 Å². The van der Waals surface area contributed by atoms with Gasteiger partial charge in [-0.15, -0.1) is 0 Å². The molecule has 0 fully saturated rings. The Morgan fingerprint density at radius 2 is 1.03 bits per heavy atom. The van der Waals surface area contributed by atoms with Gasteiger partial charge in [0.25, 0.3) is 0 Å². The highest BCUT2D eigenvalue weighted by Gasteiger charge is 2.43. The van der Waals surface area contributed by atoms with Crippen LogP contribution in [0.5, 0.6) is 0 Å². The van der Waals surface area contributed by atoms with Crippen LogP contribution in [0.25, 0.3) is 0 Å². The van der Waals surface area contributed by atoms with E-state index in [0.29, 0.717) is 0 Å². The second-order valence-corrected chi connectivity index (χ2v) is 10.6. The van der Waals surface area contributed by atoms with Crippen LogP contribution in [-0.4, -0.2) is 6.04 Å². The van der Waals surface area contributed by atoms with Crippen LogP contribution in [0, 0.1) is 5.16 Å². The van der Waals surface area contributed by atoms with Gasteiger partial charge in [-0.1, -0.05) is 128 Å². The van der Waals surface area contributed by atoms with Gasteiger partial charge in [0.1, 0.15) is 0 Å². The van der Waals surface area contributed by atoms with E-state index >= 15 is 0 Å². The van der Waals surface area contributed by atoms with Gasteiger partial charge in [0.2, 0.25) is 0 Å². The molecule has 4 heteroatoms. The Labute approximate surface area is 191 Å². The van der Waals surface area contributed by atoms with Crippen molar-refractivity contribution >= 4 is 17.8 Å². The van der Waals surface area contributed by atoms with Crippen molar-refractivity contribution < 1.29 is 0 Å². The van der Waals surface area contributed by atoms with Crippen molar-refractivity contribution in [1.29, 1.82) is 5.16 Å². The van der Waals surface area contributed by atoms with Crippen LogP contribution in [0.4, 0.5) is 0 Å². The zero-order valence-electron chi connectivity index (χ0n) is 18.4. The Hall–Kier alpha value is -2.97. The summed E-state index contributed by atoms with van der Waals surface area (Å²) in [6, 6.07) is 40.7. The van der Waals surface area contributed by atoms with Crippen molar-refractivity contribution in [3.05, 3.63) is 132 Å². The lowest BCUT2D eigenvalue weighted by Crippen LogP contribution is -2.56. The van der Waals surface area contributed by atoms with Gasteiger partial charge in [-0.2, -0.15) is 0 Å². The fourth-order valence-electron chi connectivity index (χ4n) is 4.36. The van der Waals surface area contributed by atoms with Crippen LogP contribution in [-0.2, 0) is 5.54 Å². The predicted molar refractivity (Wildman–Crippen MR) is 137 cm³/mol. The average molecular weight is 440 g/mol. The van der Waals surface area contributed by atoms with Crippen LogP contribution >= 0.6 is 7.21 Å². The minimum absolute atomic E-state index is 0.232. The van der Waals surface area contributed by atoms with Crippen LogP contribution in [0.15, 0.2) is 121 Å². The van der Waals surface area contributed by atoms with E-state index in [1.807, 2.05) is 72.8 Å². The molecule has 0 aliphatic carbocycles. The summed E-state index contributed by atoms with van der Waals surface area (Å²) in [4.78, 5) is 0. The maximum Gasteiger partial charge on any atom is 0.0890 e. The number of benzene rings is 4. The summed E-state index contributed by atoms with van der Waals surface area (Å²) in [7, 11) is -2.77. The Morgan fingerprint density at radius 3 is 1.38 bits per heavy atom. The first-order valence-electron chi connectivity index (χ1n) is 11.0. The molecule has 1 unspecified atom stereocenters. The maximum absolute atomic E-state index is 9.97. The van der Waals surface area contributed by atoms with E-state index in [4.69, 9.17) is 5.73 Å². The zero-order valence-corrected chi connectivity index (χ0v) is 19.3. The lowest BCUT2D eigenvalue weighted by Gasteiger charge is -2.45. The van der Waals surface area contributed by atoms with Gasteiger partial charge in [0.05, 0.1) is 12.7 Å². The Bertz CT molecular complexity index is 1080. The average Bonchev–Trinajstić information content (AvgIpc) is 2.89. The van der Waals surface area contributed by atoms with Crippen LogP contribution in [0.3, 0.4) is 0 Å². The summed E-state index contributed by atoms with van der Waals surface area (Å²) in [6.07, 6.45) is 0.764. The summed E-state index contributed by atoms with van der Waals surface area (Å²) in [5.74, 6) is 0. The van der Waals surface area contributed by atoms with Gasteiger partial charge in [-0.05, 0) is 17.5 Å². The second kappa shape index (κ2) is 9.67. The molecule has 0 radical (unpaired) electrons. The SMILES string of the molecule is CCC(N)C(NP(=N)(c1ccccc1)c1ccccc1)(c1ccccc1)c1ccccc1. The molecule has 1 atom stereocenters. The first kappa shape index (κ1) is 22.2. The molecule has 0 aliphatic rings. The van der Waals surface area contributed by atoms with Gasteiger partial charge >= 0.3 is 0 Å². The lowest BCUT2D eigenvalue weighted by atomic mass is 9.77. The molecule has 3 nitrogen and oxygen atoms in total. The molecular formula is C28H30N3P. The minimum atomic E-state index is -2.77. The first-order valence-corrected chi connectivity index (χ1v) is 12.8. The number of hydrogen-bond acceptors (Lipinski definition) is 2. The third-order valence-corrected chi connectivity index (χ3v) is 8.92. The van der Waals surface area contributed by atoms with Crippen LogP contribution in [0.1, 0.15) is 24.5 Å². The standard InChI is InChI=1S/C28H30N3P/c1-2-27(29)28(23-15-7-3-8-16-23,24-17-9-4-10-18-24)31-32(30,25-19-11-5-12-20-25)26-21-13-6-14-22-26/h3-22,27H,2,29H2,1H3,(H2,30,31). The van der Waals surface area contributed by atoms with E-state index < -0.39 is 12.7 Å². The molecule has 4 aromatic rings. The quantitative estimate of drug-likeness (QED) is 0.313. The molecule has 0 saturated carbocycles. The van der Waals surface area contributed by atoms with Crippen molar-refractivity contribution in [2.75, 3.05) is 0 Å². The molecule has 0 bridgehead atoms. The van der Waals surface area contributed by atoms with Crippen molar-refractivity contribution in [3.63, 3.8) is 0 Å². The number of rotatable bonds is 8. The number of nitrogens with two attached hydrogens (primary N) is 1. The molecule has 0 amide bonds. The Kier molecular flexibility index (Phi) is 6.72. The van der Waals surface area contributed by atoms with Crippen molar-refractivity contribution in [2.24, 2.45) is 5.73 Å². The lowest BCUT2D eigenvalue weighted by molar-refractivity contribution is 0.379. The zero-order chi connectivity index (χ0) is 22.4. The molecule has 4 N–H and O–H groups in total. The topological polar surface area (TPSA) is 61.9 Å². The highest BCUT2D eigenvalue weighted by atomic mass is 31.2. The third kappa shape index (κ3) is 4.08. The third-order valence-electron chi connectivity index (χ3n) is 6.09. The predicted octanol–water partition coefficient (Wildman–Crippen LogP) is 5.60. The van der Waals surface area contributed by atoms with E-state index in [1.54, 1.807) is 0 Å². The fraction of sp³-hybridized carbons (Fsp3) is 0.143. The Balaban J connectivity index is 2.01. The molecule has 32 heavy (non-hydrogen) atoms. The highest BCUT2D eigenvalue weighted by molar-refractivity contribution is 7.78. The molecule has 0 saturated heterocycles. The molecule has 4 rings (SSSR count). The summed E-state index contributed by atoms with van der Waals surface area (Å²) in [5.41, 5.74) is 8.37. The van der Waals surface area contributed by atoms with Gasteiger partial charge in [0.15, 0.2) is 0 Å². The van der Waals surface area contributed by atoms with E-state index in [1.165, 1.54) is 0 Å². The molecule has 0 aromatic heterocycles.